The van der Waals surface area contributed by atoms with E-state index in [9.17, 15) is 5.11 Å². The standard InChI is InChI=1S/C21H15ClN4O2/c1-10-19(11(2)24-9-23-10)12-3-4-17(27)20-14(12)7-15(25-20)16-8-18-13(5-6-28-18)21(22)26-16/h3-9,25,27H,1-2H3. The van der Waals surface area contributed by atoms with Gasteiger partial charge in [0.2, 0.25) is 0 Å². The molecule has 4 aromatic heterocycles. The van der Waals surface area contributed by atoms with Crippen molar-refractivity contribution in [2.24, 2.45) is 0 Å². The number of aromatic hydroxyl groups is 1. The van der Waals surface area contributed by atoms with E-state index in [0.29, 0.717) is 21.9 Å². The number of pyridine rings is 1. The van der Waals surface area contributed by atoms with E-state index in [1.807, 2.05) is 32.0 Å². The summed E-state index contributed by atoms with van der Waals surface area (Å²) < 4.78 is 5.48. The molecule has 4 heterocycles. The Bertz CT molecular complexity index is 1350. The lowest BCUT2D eigenvalue weighted by Crippen LogP contribution is -1.95. The number of benzene rings is 1. The van der Waals surface area contributed by atoms with Gasteiger partial charge < -0.3 is 14.5 Å². The number of aryl methyl sites for hydroxylation is 2. The number of furan rings is 1. The highest BCUT2D eigenvalue weighted by Gasteiger charge is 2.17. The van der Waals surface area contributed by atoms with Crippen molar-refractivity contribution in [2.75, 3.05) is 0 Å². The first-order chi connectivity index (χ1) is 13.5. The molecule has 0 atom stereocenters. The minimum Gasteiger partial charge on any atom is -0.506 e. The van der Waals surface area contributed by atoms with Crippen LogP contribution in [0.4, 0.5) is 0 Å². The van der Waals surface area contributed by atoms with Crippen molar-refractivity contribution in [1.82, 2.24) is 19.9 Å². The van der Waals surface area contributed by atoms with Gasteiger partial charge in [-0.05, 0) is 43.7 Å². The van der Waals surface area contributed by atoms with Crippen LogP contribution in [0.3, 0.4) is 0 Å². The van der Waals surface area contributed by atoms with E-state index in [1.54, 1.807) is 24.7 Å². The molecule has 0 spiro atoms. The van der Waals surface area contributed by atoms with Crippen molar-refractivity contribution in [1.29, 1.82) is 0 Å². The summed E-state index contributed by atoms with van der Waals surface area (Å²) in [5.74, 6) is 0.155. The maximum absolute atomic E-state index is 10.4. The molecule has 138 valence electrons. The smallest absolute Gasteiger partial charge is 0.140 e. The number of fused-ring (bicyclic) bond motifs is 2. The molecular formula is C21H15ClN4O2. The van der Waals surface area contributed by atoms with Crippen LogP contribution in [-0.2, 0) is 0 Å². The van der Waals surface area contributed by atoms with Gasteiger partial charge in [-0.25, -0.2) is 15.0 Å². The number of nitrogens with zero attached hydrogens (tertiary/aromatic N) is 3. The summed E-state index contributed by atoms with van der Waals surface area (Å²) in [5.41, 5.74) is 6.27. The zero-order valence-corrected chi connectivity index (χ0v) is 15.9. The predicted octanol–water partition coefficient (Wildman–Crippen LogP) is 5.41. The van der Waals surface area contributed by atoms with Crippen molar-refractivity contribution in [3.63, 3.8) is 0 Å². The van der Waals surface area contributed by atoms with Crippen molar-refractivity contribution in [3.8, 4) is 28.3 Å². The Labute approximate surface area is 164 Å². The summed E-state index contributed by atoms with van der Waals surface area (Å²) in [6.07, 6.45) is 3.14. The van der Waals surface area contributed by atoms with Crippen molar-refractivity contribution in [2.45, 2.75) is 13.8 Å². The third-order valence-corrected chi connectivity index (χ3v) is 5.24. The molecule has 7 heteroatoms. The van der Waals surface area contributed by atoms with E-state index >= 15 is 0 Å². The summed E-state index contributed by atoms with van der Waals surface area (Å²) >= 11 is 6.30. The Balaban J connectivity index is 1.78. The lowest BCUT2D eigenvalue weighted by molar-refractivity contribution is 0.480. The van der Waals surface area contributed by atoms with E-state index in [-0.39, 0.29) is 5.75 Å². The number of phenolic OH excluding ortho intramolecular Hbond substituents is 1. The number of aromatic amines is 1. The van der Waals surface area contributed by atoms with E-state index in [2.05, 4.69) is 19.9 Å². The zero-order chi connectivity index (χ0) is 19.4. The van der Waals surface area contributed by atoms with Crippen LogP contribution in [-0.4, -0.2) is 25.0 Å². The molecule has 0 aliphatic carbocycles. The van der Waals surface area contributed by atoms with Crippen LogP contribution >= 0.6 is 11.6 Å². The predicted molar refractivity (Wildman–Crippen MR) is 108 cm³/mol. The molecule has 0 aliphatic heterocycles. The van der Waals surface area contributed by atoms with Crippen LogP contribution in [0.25, 0.3) is 44.4 Å². The minimum absolute atomic E-state index is 0.155. The molecule has 2 N–H and O–H groups in total. The van der Waals surface area contributed by atoms with Gasteiger partial charge in [-0.15, -0.1) is 0 Å². The lowest BCUT2D eigenvalue weighted by Gasteiger charge is -2.10. The second-order valence-corrected chi connectivity index (χ2v) is 7.01. The first-order valence-electron chi connectivity index (χ1n) is 8.70. The third kappa shape index (κ3) is 2.46. The van der Waals surface area contributed by atoms with Crippen molar-refractivity contribution in [3.05, 3.63) is 59.5 Å². The van der Waals surface area contributed by atoms with Crippen molar-refractivity contribution >= 4 is 33.5 Å². The van der Waals surface area contributed by atoms with Gasteiger partial charge in [-0.2, -0.15) is 0 Å². The van der Waals surface area contributed by atoms with E-state index in [1.165, 1.54) is 0 Å². The summed E-state index contributed by atoms with van der Waals surface area (Å²) in [6, 6.07) is 9.10. The second kappa shape index (κ2) is 6.07. The molecule has 0 unspecified atom stereocenters. The Kier molecular flexibility index (Phi) is 3.64. The fourth-order valence-electron chi connectivity index (χ4n) is 3.61. The topological polar surface area (TPSA) is 87.8 Å². The number of nitrogens with one attached hydrogen (secondary N) is 1. The molecule has 5 rings (SSSR count). The van der Waals surface area contributed by atoms with Gasteiger partial charge in [-0.3, -0.25) is 0 Å². The SMILES string of the molecule is Cc1ncnc(C)c1-c1ccc(O)c2[nH]c(-c3cc4occc4c(Cl)n3)cc12. The van der Waals surface area contributed by atoms with Crippen LogP contribution in [0, 0.1) is 13.8 Å². The van der Waals surface area contributed by atoms with Crippen LogP contribution < -0.4 is 0 Å². The zero-order valence-electron chi connectivity index (χ0n) is 15.1. The van der Waals surface area contributed by atoms with Gasteiger partial charge in [0, 0.05) is 28.4 Å². The van der Waals surface area contributed by atoms with Gasteiger partial charge in [-0.1, -0.05) is 11.6 Å². The van der Waals surface area contributed by atoms with Crippen LogP contribution in [0.2, 0.25) is 5.15 Å². The largest absolute Gasteiger partial charge is 0.506 e. The Morgan fingerprint density at radius 2 is 1.82 bits per heavy atom. The molecule has 0 radical (unpaired) electrons. The Morgan fingerprint density at radius 1 is 1.04 bits per heavy atom. The Morgan fingerprint density at radius 3 is 2.61 bits per heavy atom. The number of aromatic nitrogens is 4. The van der Waals surface area contributed by atoms with Crippen LogP contribution in [0.1, 0.15) is 11.4 Å². The van der Waals surface area contributed by atoms with Crippen LogP contribution in [0.15, 0.2) is 47.3 Å². The normalized spacial score (nSPS) is 11.5. The van der Waals surface area contributed by atoms with Crippen LogP contribution in [0.5, 0.6) is 5.75 Å². The number of phenols is 1. The minimum atomic E-state index is 0.155. The summed E-state index contributed by atoms with van der Waals surface area (Å²) in [6.45, 7) is 3.89. The Hall–Kier alpha value is -3.38. The first kappa shape index (κ1) is 16.8. The maximum atomic E-state index is 10.4. The highest BCUT2D eigenvalue weighted by molar-refractivity contribution is 6.34. The highest BCUT2D eigenvalue weighted by Crippen LogP contribution is 2.38. The number of halogens is 1. The molecule has 0 amide bonds. The van der Waals surface area contributed by atoms with Gasteiger partial charge in [0.25, 0.3) is 0 Å². The fourth-order valence-corrected chi connectivity index (χ4v) is 3.85. The molecule has 28 heavy (non-hydrogen) atoms. The van der Waals surface area contributed by atoms with E-state index in [0.717, 1.165) is 39.0 Å². The first-order valence-corrected chi connectivity index (χ1v) is 9.08. The summed E-state index contributed by atoms with van der Waals surface area (Å²) in [7, 11) is 0. The number of rotatable bonds is 2. The van der Waals surface area contributed by atoms with Gasteiger partial charge in [0.05, 0.1) is 28.6 Å². The molecule has 1 aromatic carbocycles. The number of hydrogen-bond acceptors (Lipinski definition) is 5. The molecule has 0 saturated heterocycles. The lowest BCUT2D eigenvalue weighted by atomic mass is 9.98. The third-order valence-electron chi connectivity index (χ3n) is 4.95. The van der Waals surface area contributed by atoms with Crippen molar-refractivity contribution < 1.29 is 9.52 Å². The highest BCUT2D eigenvalue weighted by atomic mass is 35.5. The average molecular weight is 391 g/mol. The van der Waals surface area contributed by atoms with E-state index < -0.39 is 0 Å². The molecule has 0 fully saturated rings. The molecule has 6 nitrogen and oxygen atoms in total. The maximum Gasteiger partial charge on any atom is 0.140 e. The summed E-state index contributed by atoms with van der Waals surface area (Å²) in [4.78, 5) is 16.4. The number of H-pyrrole nitrogens is 1. The fraction of sp³-hybridized carbons (Fsp3) is 0.0952. The summed E-state index contributed by atoms with van der Waals surface area (Å²) in [5, 5.41) is 12.4. The molecule has 0 bridgehead atoms. The van der Waals surface area contributed by atoms with Gasteiger partial charge >= 0.3 is 0 Å². The molecule has 0 saturated carbocycles. The molecular weight excluding hydrogens is 376 g/mol. The quantitative estimate of drug-likeness (QED) is 0.393. The molecule has 0 aliphatic rings. The monoisotopic (exact) mass is 390 g/mol. The number of hydrogen-bond donors (Lipinski definition) is 2. The molecule has 5 aromatic rings. The van der Waals surface area contributed by atoms with Gasteiger partial charge in [0.15, 0.2) is 0 Å². The van der Waals surface area contributed by atoms with Gasteiger partial charge in [0.1, 0.15) is 22.8 Å². The average Bonchev–Trinajstić information content (AvgIpc) is 3.31. The second-order valence-electron chi connectivity index (χ2n) is 6.65. The van der Waals surface area contributed by atoms with E-state index in [4.69, 9.17) is 16.0 Å².